The number of hydrogen-bond acceptors (Lipinski definition) is 5. The number of fused-ring (bicyclic) bond motifs is 3. The third-order valence-electron chi connectivity index (χ3n) is 4.21. The highest BCUT2D eigenvalue weighted by Gasteiger charge is 2.14. The molecule has 0 unspecified atom stereocenters. The van der Waals surface area contributed by atoms with Gasteiger partial charge in [-0.05, 0) is 46.5 Å². The highest BCUT2D eigenvalue weighted by Crippen LogP contribution is 2.36. The molecule has 24 heavy (non-hydrogen) atoms. The number of benzene rings is 3. The first kappa shape index (κ1) is 16.1. The van der Waals surface area contributed by atoms with Gasteiger partial charge in [-0.25, -0.2) is 0 Å². The number of aliphatic hydroxyl groups is 2. The van der Waals surface area contributed by atoms with Crippen LogP contribution in [0.2, 0.25) is 0 Å². The number of nitrogens with zero attached hydrogens (tertiary/aromatic N) is 1. The van der Waals surface area contributed by atoms with E-state index in [1.807, 2.05) is 18.2 Å². The van der Waals surface area contributed by atoms with Crippen molar-refractivity contribution in [3.8, 4) is 17.6 Å². The highest BCUT2D eigenvalue weighted by atomic mass is 16.5. The molecule has 0 aliphatic carbocycles. The zero-order valence-corrected chi connectivity index (χ0v) is 13.5. The molecule has 0 saturated carbocycles. The van der Waals surface area contributed by atoms with E-state index in [1.165, 1.54) is 7.11 Å². The van der Waals surface area contributed by atoms with Gasteiger partial charge in [-0.3, -0.25) is 0 Å². The van der Waals surface area contributed by atoms with Crippen LogP contribution in [-0.4, -0.2) is 24.4 Å². The van der Waals surface area contributed by atoms with Crippen LogP contribution in [0.1, 0.15) is 16.7 Å². The van der Waals surface area contributed by atoms with Gasteiger partial charge in [-0.15, -0.1) is 0 Å². The summed E-state index contributed by atoms with van der Waals surface area (Å²) >= 11 is 0. The van der Waals surface area contributed by atoms with Gasteiger partial charge < -0.3 is 19.7 Å². The predicted octanol–water partition coefficient (Wildman–Crippen LogP) is 2.87. The second kappa shape index (κ2) is 6.36. The second-order valence-corrected chi connectivity index (χ2v) is 5.45. The van der Waals surface area contributed by atoms with E-state index in [2.05, 4.69) is 6.07 Å². The van der Waals surface area contributed by atoms with Crippen molar-refractivity contribution >= 4 is 21.5 Å². The van der Waals surface area contributed by atoms with Crippen molar-refractivity contribution < 1.29 is 19.7 Å². The summed E-state index contributed by atoms with van der Waals surface area (Å²) in [6, 6.07) is 11.3. The first-order chi connectivity index (χ1) is 11.7. The number of aliphatic hydroxyl groups excluding tert-OH is 2. The third-order valence-corrected chi connectivity index (χ3v) is 4.21. The van der Waals surface area contributed by atoms with Crippen LogP contribution in [0.15, 0.2) is 30.3 Å². The van der Waals surface area contributed by atoms with Crippen LogP contribution in [0.3, 0.4) is 0 Å². The zero-order chi connectivity index (χ0) is 17.3. The fraction of sp³-hybridized carbons (Fsp3) is 0.211. The monoisotopic (exact) mass is 323 g/mol. The van der Waals surface area contributed by atoms with Gasteiger partial charge in [-0.2, -0.15) is 5.26 Å². The Hall–Kier alpha value is -2.81. The van der Waals surface area contributed by atoms with E-state index >= 15 is 0 Å². The number of rotatable bonds is 4. The van der Waals surface area contributed by atoms with E-state index in [4.69, 9.17) is 9.47 Å². The lowest BCUT2D eigenvalue weighted by Crippen LogP contribution is -1.96. The smallest absolute Gasteiger partial charge is 0.125 e. The van der Waals surface area contributed by atoms with Gasteiger partial charge in [0.15, 0.2) is 0 Å². The maximum absolute atomic E-state index is 9.59. The lowest BCUT2D eigenvalue weighted by molar-refractivity contribution is 0.273. The average molecular weight is 323 g/mol. The topological polar surface area (TPSA) is 82.7 Å². The molecule has 122 valence electrons. The zero-order valence-electron chi connectivity index (χ0n) is 13.5. The Morgan fingerprint density at radius 2 is 1.42 bits per heavy atom. The minimum atomic E-state index is -0.166. The van der Waals surface area contributed by atoms with Gasteiger partial charge in [0.25, 0.3) is 0 Å². The lowest BCUT2D eigenvalue weighted by atomic mass is 9.94. The molecule has 3 rings (SSSR count). The molecule has 3 aromatic carbocycles. The summed E-state index contributed by atoms with van der Waals surface area (Å²) in [5.41, 5.74) is 1.82. The van der Waals surface area contributed by atoms with Crippen LogP contribution in [0, 0.1) is 11.3 Å². The summed E-state index contributed by atoms with van der Waals surface area (Å²) in [6.07, 6.45) is 0. The lowest BCUT2D eigenvalue weighted by Gasteiger charge is -2.14. The van der Waals surface area contributed by atoms with Crippen LogP contribution < -0.4 is 9.47 Å². The molecule has 0 bridgehead atoms. The van der Waals surface area contributed by atoms with Gasteiger partial charge in [0.2, 0.25) is 0 Å². The Morgan fingerprint density at radius 1 is 0.833 bits per heavy atom. The molecule has 0 aromatic heterocycles. The molecule has 0 saturated heterocycles. The largest absolute Gasteiger partial charge is 0.496 e. The van der Waals surface area contributed by atoms with E-state index in [0.717, 1.165) is 21.5 Å². The van der Waals surface area contributed by atoms with Crippen molar-refractivity contribution in [2.24, 2.45) is 0 Å². The first-order valence-electron chi connectivity index (χ1n) is 7.42. The SMILES string of the molecule is COc1cc2cc(C#N)c3cc(OC)c(CO)cc3c2cc1CO. The van der Waals surface area contributed by atoms with Gasteiger partial charge in [0.05, 0.1) is 39.1 Å². The Bertz CT molecular complexity index is 973. The summed E-state index contributed by atoms with van der Waals surface area (Å²) in [5.74, 6) is 1.11. The molecule has 3 aromatic rings. The number of nitriles is 1. The first-order valence-corrected chi connectivity index (χ1v) is 7.42. The van der Waals surface area contributed by atoms with Crippen molar-refractivity contribution in [2.45, 2.75) is 13.2 Å². The third kappa shape index (κ3) is 2.42. The normalized spacial score (nSPS) is 10.8. The molecule has 0 fully saturated rings. The van der Waals surface area contributed by atoms with Crippen molar-refractivity contribution in [1.82, 2.24) is 0 Å². The molecule has 0 spiro atoms. The number of methoxy groups -OCH3 is 2. The fourth-order valence-electron chi connectivity index (χ4n) is 3.02. The summed E-state index contributed by atoms with van der Waals surface area (Å²) in [5, 5.41) is 31.9. The fourth-order valence-corrected chi connectivity index (χ4v) is 3.02. The number of ether oxygens (including phenoxy) is 2. The van der Waals surface area contributed by atoms with E-state index < -0.39 is 0 Å². The predicted molar refractivity (Wildman–Crippen MR) is 91.1 cm³/mol. The van der Waals surface area contributed by atoms with Crippen molar-refractivity contribution in [1.29, 1.82) is 5.26 Å². The van der Waals surface area contributed by atoms with Crippen LogP contribution in [0.25, 0.3) is 21.5 Å². The Morgan fingerprint density at radius 3 is 1.96 bits per heavy atom. The average Bonchev–Trinajstić information content (AvgIpc) is 2.64. The van der Waals surface area contributed by atoms with Crippen molar-refractivity contribution in [3.63, 3.8) is 0 Å². The standard InChI is InChI=1S/C19H17NO4/c1-23-18-6-11-3-12(8-20)16-7-19(24-2)14(10-22)5-17(16)15(11)4-13(18)9-21/h3-7,21-22H,9-10H2,1-2H3. The highest BCUT2D eigenvalue weighted by molar-refractivity contribution is 6.11. The van der Waals surface area contributed by atoms with E-state index in [-0.39, 0.29) is 13.2 Å². The van der Waals surface area contributed by atoms with Crippen LogP contribution in [0.4, 0.5) is 0 Å². The van der Waals surface area contributed by atoms with Gasteiger partial charge in [0, 0.05) is 16.5 Å². The van der Waals surface area contributed by atoms with E-state index in [0.29, 0.717) is 28.2 Å². The molecule has 0 amide bonds. The molecule has 5 nitrogen and oxygen atoms in total. The molecule has 0 atom stereocenters. The molecule has 0 aliphatic rings. The van der Waals surface area contributed by atoms with Crippen LogP contribution in [-0.2, 0) is 13.2 Å². The maximum atomic E-state index is 9.59. The molecule has 0 aliphatic heterocycles. The molecule has 5 heteroatoms. The minimum absolute atomic E-state index is 0.149. The summed E-state index contributed by atoms with van der Waals surface area (Å²) in [6.45, 7) is -0.315. The van der Waals surface area contributed by atoms with Crippen LogP contribution in [0.5, 0.6) is 11.5 Å². The van der Waals surface area contributed by atoms with E-state index in [9.17, 15) is 15.5 Å². The second-order valence-electron chi connectivity index (χ2n) is 5.45. The Kier molecular flexibility index (Phi) is 4.26. The quantitative estimate of drug-likeness (QED) is 0.721. The molecule has 0 radical (unpaired) electrons. The molecule has 2 N–H and O–H groups in total. The number of hydrogen-bond donors (Lipinski definition) is 2. The van der Waals surface area contributed by atoms with Gasteiger partial charge in [-0.1, -0.05) is 0 Å². The maximum Gasteiger partial charge on any atom is 0.125 e. The summed E-state index contributed by atoms with van der Waals surface area (Å²) in [4.78, 5) is 0. The Balaban J connectivity index is 2.49. The van der Waals surface area contributed by atoms with Crippen molar-refractivity contribution in [3.05, 3.63) is 47.0 Å². The molecular weight excluding hydrogens is 306 g/mol. The van der Waals surface area contributed by atoms with Crippen LogP contribution >= 0.6 is 0 Å². The Labute approximate surface area is 139 Å². The summed E-state index contributed by atoms with van der Waals surface area (Å²) in [7, 11) is 3.07. The van der Waals surface area contributed by atoms with E-state index in [1.54, 1.807) is 19.2 Å². The van der Waals surface area contributed by atoms with Crippen molar-refractivity contribution in [2.75, 3.05) is 14.2 Å². The molecule has 0 heterocycles. The van der Waals surface area contributed by atoms with Gasteiger partial charge >= 0.3 is 0 Å². The van der Waals surface area contributed by atoms with Gasteiger partial charge in [0.1, 0.15) is 11.5 Å². The minimum Gasteiger partial charge on any atom is -0.496 e. The summed E-state index contributed by atoms with van der Waals surface area (Å²) < 4.78 is 10.6. The molecular formula is C19H17NO4.